The third kappa shape index (κ3) is 6.04. The molecule has 0 atom stereocenters. The lowest BCUT2D eigenvalue weighted by Gasteiger charge is -2.14. The second kappa shape index (κ2) is 11.5. The van der Waals surface area contributed by atoms with Gasteiger partial charge in [0.05, 0.1) is 40.3 Å². The van der Waals surface area contributed by atoms with Crippen LogP contribution in [0.1, 0.15) is 10.4 Å². The normalized spacial score (nSPS) is 10.9. The molecule has 0 spiro atoms. The molecule has 0 radical (unpaired) electrons. The molecule has 1 amide bonds. The Kier molecular flexibility index (Phi) is 8.47. The number of hydrazone groups is 1. The summed E-state index contributed by atoms with van der Waals surface area (Å²) in [5, 5.41) is 25.1. The van der Waals surface area contributed by atoms with Crippen LogP contribution in [0.2, 0.25) is 10.0 Å². The number of carbonyl (C=O) groups is 1. The summed E-state index contributed by atoms with van der Waals surface area (Å²) in [5.74, 6) is -1.79. The summed E-state index contributed by atoms with van der Waals surface area (Å²) < 4.78 is 28.7. The molecule has 2 aromatic carbocycles. The average Bonchev–Trinajstić information content (AvgIpc) is 2.80. The number of aliphatic hydroxyl groups excluding tert-OH is 1. The van der Waals surface area contributed by atoms with E-state index in [0.717, 1.165) is 12.3 Å². The zero-order valence-corrected chi connectivity index (χ0v) is 18.9. The summed E-state index contributed by atoms with van der Waals surface area (Å²) in [6.45, 7) is -0.0720. The van der Waals surface area contributed by atoms with Crippen LogP contribution in [0.15, 0.2) is 47.7 Å². The van der Waals surface area contributed by atoms with Crippen molar-refractivity contribution in [3.8, 4) is 11.1 Å². The van der Waals surface area contributed by atoms with Gasteiger partial charge < -0.3 is 21.1 Å². The van der Waals surface area contributed by atoms with E-state index < -0.39 is 17.5 Å². The molecule has 0 aliphatic rings. The van der Waals surface area contributed by atoms with Crippen LogP contribution in [0.5, 0.6) is 0 Å². The lowest BCUT2D eigenvalue weighted by Crippen LogP contribution is -2.13. The summed E-state index contributed by atoms with van der Waals surface area (Å²) in [6.07, 6.45) is 3.46. The van der Waals surface area contributed by atoms with E-state index in [1.54, 1.807) is 0 Å². The highest BCUT2D eigenvalue weighted by atomic mass is 35.5. The molecule has 0 aliphatic heterocycles. The van der Waals surface area contributed by atoms with Gasteiger partial charge in [-0.25, -0.2) is 13.8 Å². The monoisotopic (exact) mass is 506 g/mol. The van der Waals surface area contributed by atoms with E-state index in [1.165, 1.54) is 42.7 Å². The third-order valence-corrected chi connectivity index (χ3v) is 5.02. The number of halogens is 4. The Morgan fingerprint density at radius 3 is 2.65 bits per heavy atom. The van der Waals surface area contributed by atoms with Gasteiger partial charge in [0.25, 0.3) is 5.91 Å². The first-order chi connectivity index (χ1) is 16.3. The van der Waals surface area contributed by atoms with Crippen molar-refractivity contribution in [2.24, 2.45) is 5.10 Å². The molecular formula is C22H18Cl2F2N6O2. The summed E-state index contributed by atoms with van der Waals surface area (Å²) in [5.41, 5.74) is 3.25. The Morgan fingerprint density at radius 2 is 1.94 bits per heavy atom. The Bertz CT molecular complexity index is 1260. The highest BCUT2D eigenvalue weighted by molar-refractivity contribution is 6.35. The van der Waals surface area contributed by atoms with Crippen molar-refractivity contribution in [1.29, 1.82) is 5.41 Å². The fourth-order valence-electron chi connectivity index (χ4n) is 2.94. The van der Waals surface area contributed by atoms with Gasteiger partial charge in [0, 0.05) is 29.6 Å². The first kappa shape index (κ1) is 25.0. The van der Waals surface area contributed by atoms with Gasteiger partial charge in [-0.15, -0.1) is 0 Å². The predicted octanol–water partition coefficient (Wildman–Crippen LogP) is 5.04. The number of hydrogen-bond donors (Lipinski definition) is 5. The topological polar surface area (TPSA) is 122 Å². The van der Waals surface area contributed by atoms with E-state index in [1.807, 2.05) is 0 Å². The van der Waals surface area contributed by atoms with Crippen molar-refractivity contribution in [2.75, 3.05) is 29.2 Å². The van der Waals surface area contributed by atoms with E-state index in [4.69, 9.17) is 33.7 Å². The lowest BCUT2D eigenvalue weighted by atomic mass is 10.0. The Morgan fingerprint density at radius 1 is 1.15 bits per heavy atom. The van der Waals surface area contributed by atoms with Gasteiger partial charge in [-0.1, -0.05) is 23.2 Å². The number of aliphatic hydroxyl groups is 1. The minimum atomic E-state index is -0.757. The zero-order chi connectivity index (χ0) is 24.7. The summed E-state index contributed by atoms with van der Waals surface area (Å²) in [6, 6.07) is 7.36. The van der Waals surface area contributed by atoms with Crippen LogP contribution in [-0.4, -0.2) is 41.6 Å². The summed E-state index contributed by atoms with van der Waals surface area (Å²) in [4.78, 5) is 16.7. The molecule has 3 rings (SSSR count). The largest absolute Gasteiger partial charge is 0.395 e. The number of anilines is 3. The predicted molar refractivity (Wildman–Crippen MR) is 130 cm³/mol. The first-order valence-corrected chi connectivity index (χ1v) is 10.5. The molecule has 5 N–H and O–H groups in total. The number of carbonyl (C=O) groups excluding carboxylic acids is 1. The van der Waals surface area contributed by atoms with Gasteiger partial charge in [0.2, 0.25) is 0 Å². The van der Waals surface area contributed by atoms with Gasteiger partial charge in [-0.3, -0.25) is 10.2 Å². The number of nitrogens with zero attached hydrogens (tertiary/aromatic N) is 2. The van der Waals surface area contributed by atoms with Gasteiger partial charge in [-0.05, 0) is 36.4 Å². The quantitative estimate of drug-likeness (QED) is 0.205. The number of pyridine rings is 1. The van der Waals surface area contributed by atoms with Crippen molar-refractivity contribution < 1.29 is 18.7 Å². The molecule has 0 unspecified atom stereocenters. The van der Waals surface area contributed by atoms with Gasteiger partial charge in [0.15, 0.2) is 5.82 Å². The molecule has 34 heavy (non-hydrogen) atoms. The average molecular weight is 507 g/mol. The van der Waals surface area contributed by atoms with Crippen molar-refractivity contribution >= 4 is 58.7 Å². The lowest BCUT2D eigenvalue weighted by molar-refractivity contribution is 0.102. The number of amides is 1. The van der Waals surface area contributed by atoms with E-state index in [-0.39, 0.29) is 51.5 Å². The fraction of sp³-hybridized carbons (Fsp3) is 0.0909. The number of rotatable bonds is 9. The molecule has 0 fully saturated rings. The number of hydrogen-bond acceptors (Lipinski definition) is 7. The molecule has 176 valence electrons. The molecule has 0 saturated heterocycles. The van der Waals surface area contributed by atoms with Crippen LogP contribution >= 0.6 is 23.2 Å². The van der Waals surface area contributed by atoms with Crippen LogP contribution in [0.3, 0.4) is 0 Å². The van der Waals surface area contributed by atoms with Crippen LogP contribution in [0, 0.1) is 17.0 Å². The van der Waals surface area contributed by atoms with E-state index in [9.17, 15) is 9.18 Å². The second-order valence-electron chi connectivity index (χ2n) is 6.72. The third-order valence-electron chi connectivity index (χ3n) is 4.42. The molecular weight excluding hydrogens is 489 g/mol. The highest BCUT2D eigenvalue weighted by Gasteiger charge is 2.19. The SMILES string of the molecule is N=C/C=N\Nc1ncc(NC(=O)c2cc(F)c(-c3ccc(F)cc3NCCO)cc2Cl)cc1Cl. The molecule has 0 saturated carbocycles. The maximum absolute atomic E-state index is 15.0. The minimum Gasteiger partial charge on any atom is -0.395 e. The van der Waals surface area contributed by atoms with Crippen LogP contribution < -0.4 is 16.1 Å². The summed E-state index contributed by atoms with van der Waals surface area (Å²) >= 11 is 12.4. The Balaban J connectivity index is 1.85. The molecule has 1 heterocycles. The maximum atomic E-state index is 15.0. The van der Waals surface area contributed by atoms with Gasteiger partial charge in [0.1, 0.15) is 11.6 Å². The van der Waals surface area contributed by atoms with Gasteiger partial charge >= 0.3 is 0 Å². The zero-order valence-electron chi connectivity index (χ0n) is 17.4. The van der Waals surface area contributed by atoms with Crippen molar-refractivity contribution in [1.82, 2.24) is 4.98 Å². The number of benzene rings is 2. The standard InChI is InChI=1S/C22H18Cl2F2N6O2/c23-17-9-15(14-2-1-12(25)7-20(14)28-5-6-33)19(26)10-16(17)22(34)31-13-8-18(24)21(29-11-13)32-30-4-3-27/h1-4,7-11,27-28,33H,5-6H2,(H,29,32)(H,31,34)/b27-3?,30-4-. The fourth-order valence-corrected chi connectivity index (χ4v) is 3.40. The van der Waals surface area contributed by atoms with Crippen LogP contribution in [-0.2, 0) is 0 Å². The van der Waals surface area contributed by atoms with Crippen molar-refractivity contribution in [3.05, 3.63) is 69.8 Å². The molecule has 0 bridgehead atoms. The smallest absolute Gasteiger partial charge is 0.257 e. The maximum Gasteiger partial charge on any atom is 0.257 e. The summed E-state index contributed by atoms with van der Waals surface area (Å²) in [7, 11) is 0. The molecule has 1 aromatic heterocycles. The van der Waals surface area contributed by atoms with Crippen molar-refractivity contribution in [3.63, 3.8) is 0 Å². The van der Waals surface area contributed by atoms with Crippen LogP contribution in [0.25, 0.3) is 11.1 Å². The van der Waals surface area contributed by atoms with Crippen molar-refractivity contribution in [2.45, 2.75) is 0 Å². The van der Waals surface area contributed by atoms with E-state index >= 15 is 4.39 Å². The van der Waals surface area contributed by atoms with Gasteiger partial charge in [-0.2, -0.15) is 5.10 Å². The molecule has 0 aliphatic carbocycles. The van der Waals surface area contributed by atoms with E-state index in [2.05, 4.69) is 26.1 Å². The molecule has 12 heteroatoms. The highest BCUT2D eigenvalue weighted by Crippen LogP contribution is 2.34. The molecule has 8 nitrogen and oxygen atoms in total. The minimum absolute atomic E-state index is 0.0374. The number of aromatic nitrogens is 1. The first-order valence-electron chi connectivity index (χ1n) is 9.72. The Labute approximate surface area is 203 Å². The second-order valence-corrected chi connectivity index (χ2v) is 7.53. The number of nitrogens with one attached hydrogen (secondary N) is 4. The van der Waals surface area contributed by atoms with E-state index in [0.29, 0.717) is 5.56 Å². The molecule has 3 aromatic rings. The van der Waals surface area contributed by atoms with Crippen LogP contribution in [0.4, 0.5) is 26.0 Å². The Hall–Kier alpha value is -3.60.